The fourth-order valence-electron chi connectivity index (χ4n) is 4.85. The molecule has 6 nitrogen and oxygen atoms in total. The van der Waals surface area contributed by atoms with E-state index in [-0.39, 0.29) is 24.4 Å². The van der Waals surface area contributed by atoms with Crippen molar-refractivity contribution in [2.75, 3.05) is 6.54 Å². The number of nitrogens with one attached hydrogen (secondary N) is 2. The highest BCUT2D eigenvalue weighted by Crippen LogP contribution is 2.33. The molecule has 1 saturated carbocycles. The number of carbonyl (C=O) groups is 3. The number of rotatable bonds is 4. The largest absolute Gasteiger partial charge is 0.348 e. The first-order chi connectivity index (χ1) is 13.5. The fraction of sp³-hybridized carbons (Fsp3) is 0.591. The molecule has 3 aliphatic rings. The predicted octanol–water partition coefficient (Wildman–Crippen LogP) is 3.00. The molecule has 0 aromatic heterocycles. The molecule has 1 saturated heterocycles. The van der Waals surface area contributed by atoms with Crippen LogP contribution < -0.4 is 10.6 Å². The van der Waals surface area contributed by atoms with Gasteiger partial charge in [-0.1, -0.05) is 37.5 Å². The third-order valence-electron chi connectivity index (χ3n) is 6.50. The maximum absolute atomic E-state index is 12.8. The number of nitrogens with zero attached hydrogens (tertiary/aromatic N) is 1. The van der Waals surface area contributed by atoms with Crippen molar-refractivity contribution in [2.24, 2.45) is 0 Å². The van der Waals surface area contributed by atoms with E-state index in [1.165, 1.54) is 24.0 Å². The Labute approximate surface area is 166 Å². The third-order valence-corrected chi connectivity index (χ3v) is 6.50. The second-order valence-electron chi connectivity index (χ2n) is 8.49. The molecular formula is C22H29N3O3. The van der Waals surface area contributed by atoms with Gasteiger partial charge in [0.15, 0.2) is 0 Å². The first kappa shape index (κ1) is 19.0. The summed E-state index contributed by atoms with van der Waals surface area (Å²) >= 11 is 0. The first-order valence-electron chi connectivity index (χ1n) is 10.5. The SMILES string of the molecule is C[C@@H](NC(=O)CN1C(=O)NC2(CCCCC2)C1=O)c1ccc2c(c1)CCCC2. The molecule has 0 bridgehead atoms. The Balaban J connectivity index is 1.39. The minimum Gasteiger partial charge on any atom is -0.348 e. The van der Waals surface area contributed by atoms with E-state index in [2.05, 4.69) is 28.8 Å². The maximum Gasteiger partial charge on any atom is 0.325 e. The van der Waals surface area contributed by atoms with Gasteiger partial charge in [0.1, 0.15) is 12.1 Å². The summed E-state index contributed by atoms with van der Waals surface area (Å²) in [4.78, 5) is 38.8. The summed E-state index contributed by atoms with van der Waals surface area (Å²) in [5.74, 6) is -0.546. The summed E-state index contributed by atoms with van der Waals surface area (Å²) < 4.78 is 0. The second-order valence-corrected chi connectivity index (χ2v) is 8.49. The zero-order valence-electron chi connectivity index (χ0n) is 16.6. The van der Waals surface area contributed by atoms with Crippen molar-refractivity contribution in [2.45, 2.75) is 76.3 Å². The number of fused-ring (bicyclic) bond motifs is 1. The van der Waals surface area contributed by atoms with Crippen molar-refractivity contribution >= 4 is 17.8 Å². The summed E-state index contributed by atoms with van der Waals surface area (Å²) in [6.45, 7) is 1.72. The summed E-state index contributed by atoms with van der Waals surface area (Å²) in [7, 11) is 0. The van der Waals surface area contributed by atoms with Crippen LogP contribution in [0.25, 0.3) is 0 Å². The number of urea groups is 1. The number of amides is 4. The van der Waals surface area contributed by atoms with E-state index >= 15 is 0 Å². The standard InChI is InChI=1S/C22H29N3O3/c1-15(17-10-9-16-7-3-4-8-18(16)13-17)23-19(26)14-25-20(27)22(24-21(25)28)11-5-2-6-12-22/h9-10,13,15H,2-8,11-12,14H2,1H3,(H,23,26)(H,24,28)/t15-/m1/s1. The van der Waals surface area contributed by atoms with E-state index in [4.69, 9.17) is 0 Å². The quantitative estimate of drug-likeness (QED) is 0.785. The summed E-state index contributed by atoms with van der Waals surface area (Å²) in [6.07, 6.45) is 8.96. The van der Waals surface area contributed by atoms with Gasteiger partial charge in [0.25, 0.3) is 5.91 Å². The first-order valence-corrected chi connectivity index (χ1v) is 10.5. The van der Waals surface area contributed by atoms with E-state index < -0.39 is 11.6 Å². The van der Waals surface area contributed by atoms with Crippen molar-refractivity contribution in [1.82, 2.24) is 15.5 Å². The van der Waals surface area contributed by atoms with Gasteiger partial charge in [-0.05, 0) is 62.1 Å². The monoisotopic (exact) mass is 383 g/mol. The number of hydrogen-bond donors (Lipinski definition) is 2. The zero-order chi connectivity index (χ0) is 19.7. The van der Waals surface area contributed by atoms with Crippen molar-refractivity contribution in [3.63, 3.8) is 0 Å². The average molecular weight is 383 g/mol. The molecule has 2 fully saturated rings. The van der Waals surface area contributed by atoms with Crippen molar-refractivity contribution in [1.29, 1.82) is 0 Å². The van der Waals surface area contributed by atoms with Gasteiger partial charge in [-0.15, -0.1) is 0 Å². The van der Waals surface area contributed by atoms with E-state index in [1.54, 1.807) is 0 Å². The van der Waals surface area contributed by atoms with Crippen LogP contribution in [0.4, 0.5) is 4.79 Å². The normalized spacial score (nSPS) is 22.0. The Bertz CT molecular complexity index is 798. The second kappa shape index (κ2) is 7.57. The third kappa shape index (κ3) is 3.52. The molecule has 1 heterocycles. The molecule has 1 aromatic carbocycles. The van der Waals surface area contributed by atoms with E-state index in [9.17, 15) is 14.4 Å². The van der Waals surface area contributed by atoms with Gasteiger partial charge in [0.2, 0.25) is 5.91 Å². The smallest absolute Gasteiger partial charge is 0.325 e. The van der Waals surface area contributed by atoms with Gasteiger partial charge < -0.3 is 10.6 Å². The summed E-state index contributed by atoms with van der Waals surface area (Å²) in [5.41, 5.74) is 3.07. The van der Waals surface area contributed by atoms with Gasteiger partial charge in [-0.25, -0.2) is 4.79 Å². The molecule has 0 radical (unpaired) electrons. The van der Waals surface area contributed by atoms with Crippen molar-refractivity contribution in [3.05, 3.63) is 34.9 Å². The van der Waals surface area contributed by atoms with Crippen LogP contribution in [0.5, 0.6) is 0 Å². The van der Waals surface area contributed by atoms with Gasteiger partial charge in [-0.2, -0.15) is 0 Å². The van der Waals surface area contributed by atoms with Crippen LogP contribution in [-0.4, -0.2) is 34.8 Å². The Morgan fingerprint density at radius 3 is 2.57 bits per heavy atom. The molecule has 6 heteroatoms. The molecule has 2 N–H and O–H groups in total. The van der Waals surface area contributed by atoms with Crippen molar-refractivity contribution in [3.8, 4) is 0 Å². The van der Waals surface area contributed by atoms with E-state index in [0.717, 1.165) is 42.6 Å². The maximum atomic E-state index is 12.8. The lowest BCUT2D eigenvalue weighted by atomic mass is 9.82. The highest BCUT2D eigenvalue weighted by molar-refractivity contribution is 6.09. The fourth-order valence-corrected chi connectivity index (χ4v) is 4.85. The number of aryl methyl sites for hydroxylation is 2. The van der Waals surface area contributed by atoms with Crippen LogP contribution in [0, 0.1) is 0 Å². The number of benzene rings is 1. The molecule has 2 aliphatic carbocycles. The lowest BCUT2D eigenvalue weighted by Crippen LogP contribution is -2.49. The predicted molar refractivity (Wildman–Crippen MR) is 106 cm³/mol. The Morgan fingerprint density at radius 2 is 1.82 bits per heavy atom. The van der Waals surface area contributed by atoms with E-state index in [0.29, 0.717) is 12.8 Å². The molecule has 0 unspecified atom stereocenters. The molecule has 4 rings (SSSR count). The van der Waals surface area contributed by atoms with Crippen LogP contribution >= 0.6 is 0 Å². The Kier molecular flexibility index (Phi) is 5.13. The van der Waals surface area contributed by atoms with Crippen LogP contribution in [0.1, 0.15) is 74.6 Å². The lowest BCUT2D eigenvalue weighted by molar-refractivity contribution is -0.136. The van der Waals surface area contributed by atoms with Crippen LogP contribution in [0.15, 0.2) is 18.2 Å². The highest BCUT2D eigenvalue weighted by atomic mass is 16.2. The van der Waals surface area contributed by atoms with Crippen LogP contribution in [0.3, 0.4) is 0 Å². The van der Waals surface area contributed by atoms with Gasteiger partial charge in [0, 0.05) is 0 Å². The molecule has 150 valence electrons. The molecule has 1 atom stereocenters. The number of carbonyl (C=O) groups excluding carboxylic acids is 3. The Morgan fingerprint density at radius 1 is 1.11 bits per heavy atom. The van der Waals surface area contributed by atoms with Crippen LogP contribution in [-0.2, 0) is 22.4 Å². The molecule has 4 amide bonds. The summed E-state index contributed by atoms with van der Waals surface area (Å²) in [5, 5.41) is 5.80. The van der Waals surface area contributed by atoms with Crippen molar-refractivity contribution < 1.29 is 14.4 Å². The molecule has 1 spiro atoms. The minimum absolute atomic E-state index is 0.163. The Hall–Kier alpha value is -2.37. The zero-order valence-corrected chi connectivity index (χ0v) is 16.6. The van der Waals surface area contributed by atoms with Gasteiger partial charge >= 0.3 is 6.03 Å². The average Bonchev–Trinajstić information content (AvgIpc) is 2.92. The molecular weight excluding hydrogens is 354 g/mol. The summed E-state index contributed by atoms with van der Waals surface area (Å²) in [6, 6.07) is 5.81. The molecule has 1 aromatic rings. The van der Waals surface area contributed by atoms with E-state index in [1.807, 2.05) is 6.92 Å². The number of hydrogen-bond acceptors (Lipinski definition) is 3. The minimum atomic E-state index is -0.778. The lowest BCUT2D eigenvalue weighted by Gasteiger charge is -2.30. The highest BCUT2D eigenvalue weighted by Gasteiger charge is 2.51. The van der Waals surface area contributed by atoms with Gasteiger partial charge in [-0.3, -0.25) is 14.5 Å². The molecule has 1 aliphatic heterocycles. The number of imide groups is 1. The van der Waals surface area contributed by atoms with Crippen LogP contribution in [0.2, 0.25) is 0 Å². The molecule has 28 heavy (non-hydrogen) atoms. The topological polar surface area (TPSA) is 78.5 Å². The van der Waals surface area contributed by atoms with Gasteiger partial charge in [0.05, 0.1) is 6.04 Å².